The fourth-order valence-electron chi connectivity index (χ4n) is 2.44. The van der Waals surface area contributed by atoms with Crippen molar-refractivity contribution in [3.63, 3.8) is 0 Å². The largest absolute Gasteiger partial charge is 0.351 e. The second kappa shape index (κ2) is 5.18. The van der Waals surface area contributed by atoms with E-state index in [4.69, 9.17) is 0 Å². The van der Waals surface area contributed by atoms with Gasteiger partial charge in [0.1, 0.15) is 0 Å². The fraction of sp³-hybridized carbons (Fsp3) is 0.357. The smallest absolute Gasteiger partial charge is 0.224 e. The molecule has 1 aliphatic rings. The van der Waals surface area contributed by atoms with Gasteiger partial charge in [0.2, 0.25) is 5.91 Å². The number of hydrogen-bond acceptors (Lipinski definition) is 4. The number of amides is 1. The van der Waals surface area contributed by atoms with Crippen LogP contribution >= 0.6 is 11.3 Å². The first kappa shape index (κ1) is 13.6. The Hall–Kier alpha value is -1.40. The molecule has 1 aromatic heterocycles. The van der Waals surface area contributed by atoms with Gasteiger partial charge in [0.05, 0.1) is 24.0 Å². The highest BCUT2D eigenvalue weighted by atomic mass is 32.2. The number of hydrogen-bond donors (Lipinski definition) is 1. The summed E-state index contributed by atoms with van der Waals surface area (Å²) >= 11 is 1.65. The van der Waals surface area contributed by atoms with E-state index in [0.717, 1.165) is 4.88 Å². The minimum atomic E-state index is -3.00. The van der Waals surface area contributed by atoms with E-state index in [9.17, 15) is 13.2 Å². The van der Waals surface area contributed by atoms with Crippen molar-refractivity contribution < 1.29 is 13.2 Å². The zero-order valence-electron chi connectivity index (χ0n) is 10.8. The average Bonchev–Trinajstić information content (AvgIpc) is 2.98. The van der Waals surface area contributed by atoms with Gasteiger partial charge in [-0.05, 0) is 23.9 Å². The highest BCUT2D eigenvalue weighted by Crippen LogP contribution is 2.25. The molecule has 2 aromatic rings. The van der Waals surface area contributed by atoms with Crippen molar-refractivity contribution in [1.82, 2.24) is 5.32 Å². The van der Waals surface area contributed by atoms with Crippen LogP contribution in [0.5, 0.6) is 0 Å². The summed E-state index contributed by atoms with van der Waals surface area (Å²) < 4.78 is 23.9. The van der Waals surface area contributed by atoms with Gasteiger partial charge in [0.25, 0.3) is 0 Å². The molecule has 0 spiro atoms. The maximum Gasteiger partial charge on any atom is 0.224 e. The molecule has 0 saturated carbocycles. The van der Waals surface area contributed by atoms with Crippen molar-refractivity contribution in [3.8, 4) is 0 Å². The molecule has 6 heteroatoms. The topological polar surface area (TPSA) is 63.2 Å². The number of thiophene rings is 1. The molecule has 4 nitrogen and oxygen atoms in total. The van der Waals surface area contributed by atoms with Crippen LogP contribution in [0.3, 0.4) is 0 Å². The summed E-state index contributed by atoms with van der Waals surface area (Å²) in [5.74, 6) is -0.405. The van der Waals surface area contributed by atoms with E-state index in [0.29, 0.717) is 13.0 Å². The van der Waals surface area contributed by atoms with E-state index >= 15 is 0 Å². The van der Waals surface area contributed by atoms with Crippen LogP contribution in [0.25, 0.3) is 10.1 Å². The predicted octanol–water partition coefficient (Wildman–Crippen LogP) is 1.95. The molecular weight excluding hydrogens is 294 g/mol. The fourth-order valence-corrected chi connectivity index (χ4v) is 5.19. The van der Waals surface area contributed by atoms with Crippen molar-refractivity contribution >= 4 is 37.2 Å². The van der Waals surface area contributed by atoms with E-state index < -0.39 is 9.84 Å². The number of benzene rings is 1. The molecule has 0 radical (unpaired) electrons. The van der Waals surface area contributed by atoms with E-state index in [-0.39, 0.29) is 23.3 Å². The minimum absolute atomic E-state index is 0.00868. The molecule has 20 heavy (non-hydrogen) atoms. The van der Waals surface area contributed by atoms with Gasteiger partial charge in [-0.3, -0.25) is 4.79 Å². The molecule has 0 unspecified atom stereocenters. The first-order valence-electron chi connectivity index (χ1n) is 6.49. The Morgan fingerprint density at radius 3 is 2.85 bits per heavy atom. The lowest BCUT2D eigenvalue weighted by atomic mass is 10.1. The van der Waals surface area contributed by atoms with Crippen LogP contribution in [0.1, 0.15) is 11.3 Å². The van der Waals surface area contributed by atoms with Crippen LogP contribution in [0.2, 0.25) is 0 Å². The van der Waals surface area contributed by atoms with Crippen molar-refractivity contribution in [3.05, 3.63) is 35.2 Å². The van der Waals surface area contributed by atoms with E-state index in [1.54, 1.807) is 11.3 Å². The number of nitrogens with one attached hydrogen (secondary N) is 1. The summed E-state index contributed by atoms with van der Waals surface area (Å²) in [6.45, 7) is 0.467. The van der Waals surface area contributed by atoms with Gasteiger partial charge in [-0.15, -0.1) is 11.3 Å². The van der Waals surface area contributed by atoms with Crippen molar-refractivity contribution in [2.45, 2.75) is 13.0 Å². The van der Waals surface area contributed by atoms with Gasteiger partial charge in [0.15, 0.2) is 9.84 Å². The number of rotatable bonds is 3. The molecule has 2 heterocycles. The molecule has 1 N–H and O–H groups in total. The molecule has 1 fully saturated rings. The lowest BCUT2D eigenvalue weighted by molar-refractivity contribution is -0.124. The van der Waals surface area contributed by atoms with Crippen LogP contribution in [0.15, 0.2) is 30.3 Å². The summed E-state index contributed by atoms with van der Waals surface area (Å²) in [5.41, 5.74) is 0. The lowest BCUT2D eigenvalue weighted by Gasteiger charge is -2.07. The van der Waals surface area contributed by atoms with Crippen molar-refractivity contribution in [1.29, 1.82) is 0 Å². The van der Waals surface area contributed by atoms with Gasteiger partial charge >= 0.3 is 0 Å². The maximum absolute atomic E-state index is 12.0. The third kappa shape index (κ3) is 2.86. The number of carbonyl (C=O) groups is 1. The Labute approximate surface area is 121 Å². The molecule has 106 valence electrons. The highest BCUT2D eigenvalue weighted by Gasteiger charge is 2.32. The molecule has 1 aliphatic heterocycles. The Kier molecular flexibility index (Phi) is 3.52. The molecule has 0 aliphatic carbocycles. The predicted molar refractivity (Wildman–Crippen MR) is 80.4 cm³/mol. The van der Waals surface area contributed by atoms with E-state index in [1.165, 1.54) is 10.1 Å². The standard InChI is InChI=1S/C14H15NO3S2/c16-14(11-5-6-20(17,18)9-11)15-8-12-7-10-3-1-2-4-13(10)19-12/h1-4,7,11H,5-6,8-9H2,(H,15,16)/t11-/m1/s1. The normalized spacial score (nSPS) is 21.1. The minimum Gasteiger partial charge on any atom is -0.351 e. The number of sulfone groups is 1. The molecular formula is C14H15NO3S2. The quantitative estimate of drug-likeness (QED) is 0.942. The van der Waals surface area contributed by atoms with Gasteiger partial charge in [-0.1, -0.05) is 18.2 Å². The highest BCUT2D eigenvalue weighted by molar-refractivity contribution is 7.91. The SMILES string of the molecule is O=C(NCc1cc2ccccc2s1)[C@@H]1CCS(=O)(=O)C1. The van der Waals surface area contributed by atoms with E-state index in [2.05, 4.69) is 17.4 Å². The first-order chi connectivity index (χ1) is 9.53. The van der Waals surface area contributed by atoms with Gasteiger partial charge in [-0.25, -0.2) is 8.42 Å². The summed E-state index contributed by atoms with van der Waals surface area (Å²) in [6, 6.07) is 10.1. The van der Waals surface area contributed by atoms with Crippen molar-refractivity contribution in [2.75, 3.05) is 11.5 Å². The Morgan fingerprint density at radius 1 is 1.35 bits per heavy atom. The Morgan fingerprint density at radius 2 is 2.15 bits per heavy atom. The van der Waals surface area contributed by atoms with Crippen LogP contribution in [-0.2, 0) is 21.2 Å². The zero-order valence-corrected chi connectivity index (χ0v) is 12.5. The van der Waals surface area contributed by atoms with Crippen LogP contribution in [0.4, 0.5) is 0 Å². The molecule has 0 bridgehead atoms. The van der Waals surface area contributed by atoms with Crippen LogP contribution < -0.4 is 5.32 Å². The Balaban J connectivity index is 1.63. The molecule has 1 atom stereocenters. The van der Waals surface area contributed by atoms with Crippen LogP contribution in [0, 0.1) is 5.92 Å². The third-order valence-corrected chi connectivity index (χ3v) is 6.40. The first-order valence-corrected chi connectivity index (χ1v) is 9.13. The second-order valence-electron chi connectivity index (χ2n) is 5.07. The van der Waals surface area contributed by atoms with E-state index in [1.807, 2.05) is 18.2 Å². The van der Waals surface area contributed by atoms with Gasteiger partial charge < -0.3 is 5.32 Å². The summed E-state index contributed by atoms with van der Waals surface area (Å²) in [5, 5.41) is 4.02. The monoisotopic (exact) mass is 309 g/mol. The Bertz CT molecular complexity index is 716. The third-order valence-electron chi connectivity index (χ3n) is 3.52. The van der Waals surface area contributed by atoms with Gasteiger partial charge in [-0.2, -0.15) is 0 Å². The number of carbonyl (C=O) groups excluding carboxylic acids is 1. The second-order valence-corrected chi connectivity index (χ2v) is 8.47. The molecule has 1 saturated heterocycles. The van der Waals surface area contributed by atoms with Crippen LogP contribution in [-0.4, -0.2) is 25.8 Å². The summed E-state index contributed by atoms with van der Waals surface area (Å²) in [4.78, 5) is 13.0. The molecule has 3 rings (SSSR count). The number of fused-ring (bicyclic) bond motifs is 1. The maximum atomic E-state index is 12.0. The van der Waals surface area contributed by atoms with Gasteiger partial charge in [0, 0.05) is 9.58 Å². The van der Waals surface area contributed by atoms with Crippen molar-refractivity contribution in [2.24, 2.45) is 5.92 Å². The molecule has 1 aromatic carbocycles. The molecule has 1 amide bonds. The summed E-state index contributed by atoms with van der Waals surface area (Å²) in [7, 11) is -3.00. The zero-order chi connectivity index (χ0) is 14.2. The lowest BCUT2D eigenvalue weighted by Crippen LogP contribution is -2.30. The average molecular weight is 309 g/mol. The summed E-state index contributed by atoms with van der Waals surface area (Å²) in [6.07, 6.45) is 0.445.